The molecule has 0 saturated heterocycles. The molecule has 2 rings (SSSR count). The number of carbonyl (C=O) groups excluding carboxylic acids is 1. The number of ether oxygens (including phenoxy) is 1. The van der Waals surface area contributed by atoms with Gasteiger partial charge in [-0.05, 0) is 35.8 Å². The Morgan fingerprint density at radius 1 is 1.41 bits per heavy atom. The van der Waals surface area contributed by atoms with E-state index >= 15 is 0 Å². The first kappa shape index (κ1) is 17.0. The summed E-state index contributed by atoms with van der Waals surface area (Å²) in [5.74, 6) is 0.0310. The molecule has 1 aromatic carbocycles. The number of rotatable bonds is 7. The molecule has 122 valence electrons. The summed E-state index contributed by atoms with van der Waals surface area (Å²) in [5, 5.41) is 12.2. The molecule has 0 aromatic heterocycles. The van der Waals surface area contributed by atoms with E-state index in [-0.39, 0.29) is 24.0 Å². The number of nitrogens with one attached hydrogen (secondary N) is 1. The van der Waals surface area contributed by atoms with Crippen molar-refractivity contribution in [2.24, 2.45) is 5.41 Å². The number of hydrogen-bond donors (Lipinski definition) is 2. The van der Waals surface area contributed by atoms with Gasteiger partial charge in [-0.15, -0.1) is 0 Å². The topological polar surface area (TPSA) is 58.6 Å². The first-order chi connectivity index (χ1) is 10.5. The van der Waals surface area contributed by atoms with Crippen LogP contribution in [0, 0.1) is 5.41 Å². The summed E-state index contributed by atoms with van der Waals surface area (Å²) in [6, 6.07) is 8.19. The average Bonchev–Trinajstić information content (AvgIpc) is 2.52. The Morgan fingerprint density at radius 2 is 2.18 bits per heavy atom. The summed E-state index contributed by atoms with van der Waals surface area (Å²) in [6.45, 7) is 5.56. The lowest BCUT2D eigenvalue weighted by atomic mass is 9.89. The van der Waals surface area contributed by atoms with Crippen LogP contribution in [0.3, 0.4) is 0 Å². The van der Waals surface area contributed by atoms with Crippen LogP contribution in [0.4, 0.5) is 0 Å². The van der Waals surface area contributed by atoms with E-state index in [1.807, 2.05) is 26.0 Å². The molecule has 1 unspecified atom stereocenters. The van der Waals surface area contributed by atoms with E-state index in [1.165, 1.54) is 5.56 Å². The summed E-state index contributed by atoms with van der Waals surface area (Å²) in [7, 11) is 0. The predicted molar refractivity (Wildman–Crippen MR) is 86.6 cm³/mol. The highest BCUT2D eigenvalue weighted by molar-refractivity contribution is 5.76. The lowest BCUT2D eigenvalue weighted by molar-refractivity contribution is -0.124. The summed E-state index contributed by atoms with van der Waals surface area (Å²) in [5.41, 5.74) is 2.36. The van der Waals surface area contributed by atoms with Crippen LogP contribution in [0.2, 0.25) is 0 Å². The molecule has 0 radical (unpaired) electrons. The molecule has 0 saturated carbocycles. The van der Waals surface area contributed by atoms with Gasteiger partial charge in [0, 0.05) is 13.2 Å². The molecule has 22 heavy (non-hydrogen) atoms. The molecule has 1 aromatic rings. The summed E-state index contributed by atoms with van der Waals surface area (Å²) >= 11 is 0. The number of carbonyl (C=O) groups is 1. The Bertz CT molecular complexity index is 499. The maximum atomic E-state index is 12.1. The Labute approximate surface area is 132 Å². The Hall–Kier alpha value is -1.39. The second-order valence-corrected chi connectivity index (χ2v) is 6.79. The highest BCUT2D eigenvalue weighted by Crippen LogP contribution is 2.29. The number of fused-ring (bicyclic) bond motifs is 1. The van der Waals surface area contributed by atoms with Gasteiger partial charge in [0.1, 0.15) is 0 Å². The van der Waals surface area contributed by atoms with Gasteiger partial charge in [-0.2, -0.15) is 0 Å². The standard InChI is InChI=1S/C18H27NO3/c1-18(2,13-20)9-5-10-19-17(21)12-16-15-7-4-3-6-14(15)8-11-22-16/h3-4,6-7,16,20H,5,8-13H2,1-2H3,(H,19,21). The quantitative estimate of drug-likeness (QED) is 0.761. The largest absolute Gasteiger partial charge is 0.396 e. The monoisotopic (exact) mass is 305 g/mol. The fourth-order valence-electron chi connectivity index (χ4n) is 2.76. The molecule has 1 atom stereocenters. The molecule has 4 heteroatoms. The first-order valence-electron chi connectivity index (χ1n) is 8.09. The lowest BCUT2D eigenvalue weighted by Gasteiger charge is -2.25. The van der Waals surface area contributed by atoms with E-state index in [9.17, 15) is 9.90 Å². The van der Waals surface area contributed by atoms with E-state index < -0.39 is 0 Å². The van der Waals surface area contributed by atoms with Crippen molar-refractivity contribution >= 4 is 5.91 Å². The highest BCUT2D eigenvalue weighted by atomic mass is 16.5. The van der Waals surface area contributed by atoms with E-state index in [1.54, 1.807) is 0 Å². The van der Waals surface area contributed by atoms with Crippen molar-refractivity contribution in [3.63, 3.8) is 0 Å². The number of aliphatic hydroxyl groups excluding tert-OH is 1. The SMILES string of the molecule is CC(C)(CO)CCCNC(=O)CC1OCCc2ccccc21. The fraction of sp³-hybridized carbons (Fsp3) is 0.611. The number of benzene rings is 1. The minimum atomic E-state index is -0.126. The van der Waals surface area contributed by atoms with Crippen molar-refractivity contribution in [3.05, 3.63) is 35.4 Å². The van der Waals surface area contributed by atoms with Gasteiger partial charge in [-0.25, -0.2) is 0 Å². The van der Waals surface area contributed by atoms with Gasteiger partial charge in [-0.1, -0.05) is 38.1 Å². The maximum absolute atomic E-state index is 12.1. The molecule has 1 aliphatic heterocycles. The third-order valence-electron chi connectivity index (χ3n) is 4.24. The van der Waals surface area contributed by atoms with Gasteiger partial charge in [0.05, 0.1) is 19.1 Å². The molecule has 0 bridgehead atoms. The van der Waals surface area contributed by atoms with Crippen molar-refractivity contribution in [1.82, 2.24) is 5.32 Å². The molecule has 2 N–H and O–H groups in total. The van der Waals surface area contributed by atoms with Crippen LogP contribution in [0.1, 0.15) is 50.3 Å². The normalized spacial score (nSPS) is 17.9. The minimum absolute atomic E-state index is 0.0310. The number of aliphatic hydroxyl groups is 1. The van der Waals surface area contributed by atoms with Gasteiger partial charge in [-0.3, -0.25) is 4.79 Å². The Kier molecular flexibility index (Phi) is 5.98. The lowest BCUT2D eigenvalue weighted by Crippen LogP contribution is -2.29. The summed E-state index contributed by atoms with van der Waals surface area (Å²) in [4.78, 5) is 12.1. The van der Waals surface area contributed by atoms with E-state index in [2.05, 4.69) is 17.4 Å². The van der Waals surface area contributed by atoms with Gasteiger partial charge < -0.3 is 15.2 Å². The summed E-state index contributed by atoms with van der Waals surface area (Å²) in [6.07, 6.45) is 2.94. The molecular weight excluding hydrogens is 278 g/mol. The Morgan fingerprint density at radius 3 is 2.95 bits per heavy atom. The van der Waals surface area contributed by atoms with Crippen molar-refractivity contribution in [3.8, 4) is 0 Å². The molecule has 0 aliphatic carbocycles. The van der Waals surface area contributed by atoms with E-state index in [0.29, 0.717) is 19.6 Å². The number of hydrogen-bond acceptors (Lipinski definition) is 3. The molecule has 4 nitrogen and oxygen atoms in total. The van der Waals surface area contributed by atoms with Gasteiger partial charge in [0.25, 0.3) is 0 Å². The maximum Gasteiger partial charge on any atom is 0.222 e. The van der Waals surface area contributed by atoms with Gasteiger partial charge >= 0.3 is 0 Å². The van der Waals surface area contributed by atoms with Crippen LogP contribution in [0.25, 0.3) is 0 Å². The van der Waals surface area contributed by atoms with Crippen LogP contribution in [0.15, 0.2) is 24.3 Å². The molecule has 1 amide bonds. The second kappa shape index (κ2) is 7.75. The molecular formula is C18H27NO3. The zero-order valence-electron chi connectivity index (χ0n) is 13.6. The van der Waals surface area contributed by atoms with Crippen LogP contribution >= 0.6 is 0 Å². The van der Waals surface area contributed by atoms with Crippen LogP contribution in [0.5, 0.6) is 0 Å². The average molecular weight is 305 g/mol. The second-order valence-electron chi connectivity index (χ2n) is 6.79. The third-order valence-corrected chi connectivity index (χ3v) is 4.24. The minimum Gasteiger partial charge on any atom is -0.396 e. The predicted octanol–water partition coefficient (Wildman–Crippen LogP) is 2.61. The summed E-state index contributed by atoms with van der Waals surface area (Å²) < 4.78 is 5.76. The van der Waals surface area contributed by atoms with Crippen LogP contribution < -0.4 is 5.32 Å². The molecule has 0 spiro atoms. The fourth-order valence-corrected chi connectivity index (χ4v) is 2.76. The first-order valence-corrected chi connectivity index (χ1v) is 8.09. The molecule has 0 fully saturated rings. The highest BCUT2D eigenvalue weighted by Gasteiger charge is 2.23. The van der Waals surface area contributed by atoms with Crippen molar-refractivity contribution < 1.29 is 14.6 Å². The van der Waals surface area contributed by atoms with Gasteiger partial charge in [0.15, 0.2) is 0 Å². The van der Waals surface area contributed by atoms with E-state index in [4.69, 9.17) is 4.74 Å². The smallest absolute Gasteiger partial charge is 0.222 e. The van der Waals surface area contributed by atoms with Crippen molar-refractivity contribution in [1.29, 1.82) is 0 Å². The van der Waals surface area contributed by atoms with Crippen molar-refractivity contribution in [2.45, 2.75) is 45.6 Å². The zero-order valence-corrected chi connectivity index (χ0v) is 13.6. The van der Waals surface area contributed by atoms with Gasteiger partial charge in [0.2, 0.25) is 5.91 Å². The van der Waals surface area contributed by atoms with Crippen LogP contribution in [-0.4, -0.2) is 30.8 Å². The molecule has 1 heterocycles. The van der Waals surface area contributed by atoms with E-state index in [0.717, 1.165) is 24.8 Å². The Balaban J connectivity index is 1.76. The van der Waals surface area contributed by atoms with Crippen molar-refractivity contribution in [2.75, 3.05) is 19.8 Å². The number of amides is 1. The van der Waals surface area contributed by atoms with Crippen LogP contribution in [-0.2, 0) is 16.0 Å². The zero-order chi connectivity index (χ0) is 16.0. The third kappa shape index (κ3) is 4.82. The molecule has 1 aliphatic rings.